The summed E-state index contributed by atoms with van der Waals surface area (Å²) in [6, 6.07) is 10.0. The predicted molar refractivity (Wildman–Crippen MR) is 111 cm³/mol. The Kier molecular flexibility index (Phi) is 5.77. The quantitative estimate of drug-likeness (QED) is 0.716. The van der Waals surface area contributed by atoms with Crippen molar-refractivity contribution in [3.8, 4) is 0 Å². The van der Waals surface area contributed by atoms with Crippen LogP contribution in [0.5, 0.6) is 0 Å². The molecule has 3 rings (SSSR count). The van der Waals surface area contributed by atoms with E-state index in [-0.39, 0.29) is 6.42 Å². The van der Waals surface area contributed by atoms with Crippen LogP contribution >= 0.6 is 0 Å². The first-order chi connectivity index (χ1) is 13.6. The molecule has 1 atom stereocenters. The minimum Gasteiger partial charge on any atom is -0.399 e. The Balaban J connectivity index is 1.67. The monoisotopic (exact) mass is 395 g/mol. The normalized spacial score (nSPS) is 18.3. The van der Waals surface area contributed by atoms with Crippen LogP contribution in [0.25, 0.3) is 0 Å². The van der Waals surface area contributed by atoms with Gasteiger partial charge in [0.2, 0.25) is 5.91 Å². The fourth-order valence-corrected chi connectivity index (χ4v) is 2.99. The maximum absolute atomic E-state index is 12.3. The van der Waals surface area contributed by atoms with Crippen molar-refractivity contribution in [2.45, 2.75) is 51.4 Å². The molecule has 8 heteroatoms. The number of hydrogen-bond acceptors (Lipinski definition) is 5. The molecule has 1 aliphatic heterocycles. The van der Waals surface area contributed by atoms with Gasteiger partial charge in [-0.15, -0.1) is 0 Å². The Morgan fingerprint density at radius 2 is 1.72 bits per heavy atom. The van der Waals surface area contributed by atoms with E-state index < -0.39 is 36.2 Å². The van der Waals surface area contributed by atoms with Gasteiger partial charge in [0.15, 0.2) is 0 Å². The number of rotatable bonds is 6. The van der Waals surface area contributed by atoms with E-state index in [1.807, 2.05) is 52.0 Å². The molecule has 152 valence electrons. The summed E-state index contributed by atoms with van der Waals surface area (Å²) in [5, 5.41) is 2.67. The van der Waals surface area contributed by atoms with Crippen LogP contribution in [-0.2, 0) is 20.5 Å². The molecule has 0 radical (unpaired) electrons. The maximum Gasteiger partial charge on any atom is 0.494 e. The van der Waals surface area contributed by atoms with E-state index in [0.717, 1.165) is 11.0 Å². The van der Waals surface area contributed by atoms with Crippen LogP contribution in [0.3, 0.4) is 0 Å². The van der Waals surface area contributed by atoms with Crippen molar-refractivity contribution in [2.24, 2.45) is 5.73 Å². The van der Waals surface area contributed by atoms with Gasteiger partial charge in [-0.3, -0.25) is 14.6 Å². The van der Waals surface area contributed by atoms with Crippen molar-refractivity contribution < 1.29 is 18.9 Å². The standard InChI is InChI=1S/C21H26BN3O4/c1-20(2)21(3,4)29-22(28-20)16-9-7-14(8-10-16)12-17(18(23)26)25-19(27)15-6-5-11-24-13-15/h5-11,13,17H,12H2,1-4H3,(H2,23,26)(H,25,27)/t17-/m1/s1. The summed E-state index contributed by atoms with van der Waals surface area (Å²) in [7, 11) is -0.453. The Morgan fingerprint density at radius 1 is 1.10 bits per heavy atom. The second kappa shape index (κ2) is 7.97. The number of amides is 2. The van der Waals surface area contributed by atoms with Crippen molar-refractivity contribution >= 4 is 24.4 Å². The first-order valence-corrected chi connectivity index (χ1v) is 9.54. The molecule has 2 amide bonds. The molecule has 0 saturated carbocycles. The Hall–Kier alpha value is -2.71. The molecule has 2 heterocycles. The second-order valence-electron chi connectivity index (χ2n) is 8.20. The van der Waals surface area contributed by atoms with Crippen molar-refractivity contribution in [3.05, 3.63) is 59.9 Å². The molecule has 0 aliphatic carbocycles. The van der Waals surface area contributed by atoms with E-state index in [9.17, 15) is 9.59 Å². The van der Waals surface area contributed by atoms with E-state index >= 15 is 0 Å². The number of nitrogens with zero attached hydrogens (tertiary/aromatic N) is 1. The van der Waals surface area contributed by atoms with Gasteiger partial charge >= 0.3 is 7.12 Å². The molecule has 7 nitrogen and oxygen atoms in total. The third-order valence-corrected chi connectivity index (χ3v) is 5.52. The minimum absolute atomic E-state index is 0.283. The number of pyridine rings is 1. The number of nitrogens with one attached hydrogen (secondary N) is 1. The largest absolute Gasteiger partial charge is 0.494 e. The van der Waals surface area contributed by atoms with Crippen LogP contribution < -0.4 is 16.5 Å². The smallest absolute Gasteiger partial charge is 0.399 e. The van der Waals surface area contributed by atoms with E-state index in [4.69, 9.17) is 15.0 Å². The highest BCUT2D eigenvalue weighted by atomic mass is 16.7. The Bertz CT molecular complexity index is 869. The number of carbonyl (C=O) groups is 2. The van der Waals surface area contributed by atoms with Gasteiger partial charge < -0.3 is 20.4 Å². The van der Waals surface area contributed by atoms with Gasteiger partial charge in [-0.05, 0) is 50.9 Å². The maximum atomic E-state index is 12.3. The van der Waals surface area contributed by atoms with Gasteiger partial charge in [-0.25, -0.2) is 0 Å². The molecule has 3 N–H and O–H groups in total. The zero-order chi connectivity index (χ0) is 21.2. The lowest BCUT2D eigenvalue weighted by molar-refractivity contribution is -0.119. The van der Waals surface area contributed by atoms with Crippen molar-refractivity contribution in [1.82, 2.24) is 10.3 Å². The molecule has 1 aromatic heterocycles. The zero-order valence-electron chi connectivity index (χ0n) is 17.1. The van der Waals surface area contributed by atoms with Crippen molar-refractivity contribution in [2.75, 3.05) is 0 Å². The summed E-state index contributed by atoms with van der Waals surface area (Å²) in [6.45, 7) is 8.01. The SMILES string of the molecule is CC1(C)OB(c2ccc(C[C@@H](NC(=O)c3cccnc3)C(N)=O)cc2)OC1(C)C. The van der Waals surface area contributed by atoms with Crippen LogP contribution in [0, 0.1) is 0 Å². The Labute approximate surface area is 171 Å². The van der Waals surface area contributed by atoms with Crippen LogP contribution in [-0.4, -0.2) is 41.2 Å². The molecule has 1 fully saturated rings. The number of aromatic nitrogens is 1. The van der Waals surface area contributed by atoms with Crippen molar-refractivity contribution in [1.29, 1.82) is 0 Å². The van der Waals surface area contributed by atoms with Crippen LogP contribution in [0.4, 0.5) is 0 Å². The molecule has 0 unspecified atom stereocenters. The van der Waals surface area contributed by atoms with Crippen molar-refractivity contribution in [3.63, 3.8) is 0 Å². The highest BCUT2D eigenvalue weighted by molar-refractivity contribution is 6.62. The van der Waals surface area contributed by atoms with Crippen LogP contribution in [0.15, 0.2) is 48.8 Å². The lowest BCUT2D eigenvalue weighted by atomic mass is 9.78. The van der Waals surface area contributed by atoms with E-state index in [1.54, 1.807) is 18.3 Å². The fraction of sp³-hybridized carbons (Fsp3) is 0.381. The number of nitrogens with two attached hydrogens (primary N) is 1. The van der Waals surface area contributed by atoms with Gasteiger partial charge in [0, 0.05) is 18.8 Å². The summed E-state index contributed by atoms with van der Waals surface area (Å²) < 4.78 is 12.1. The average Bonchev–Trinajstić information content (AvgIpc) is 2.89. The van der Waals surface area contributed by atoms with Gasteiger partial charge in [0.1, 0.15) is 6.04 Å². The van der Waals surface area contributed by atoms with Crippen LogP contribution in [0.1, 0.15) is 43.6 Å². The third kappa shape index (κ3) is 4.66. The number of carbonyl (C=O) groups excluding carboxylic acids is 2. The average molecular weight is 395 g/mol. The second-order valence-corrected chi connectivity index (χ2v) is 8.20. The number of primary amides is 1. The fourth-order valence-electron chi connectivity index (χ4n) is 2.99. The molecular formula is C21H26BN3O4. The van der Waals surface area contributed by atoms with E-state index in [2.05, 4.69) is 10.3 Å². The van der Waals surface area contributed by atoms with Gasteiger partial charge in [0.25, 0.3) is 5.91 Å². The van der Waals surface area contributed by atoms with E-state index in [1.165, 1.54) is 6.20 Å². The first kappa shape index (κ1) is 21.0. The molecule has 29 heavy (non-hydrogen) atoms. The Morgan fingerprint density at radius 3 is 2.24 bits per heavy atom. The molecule has 1 saturated heterocycles. The highest BCUT2D eigenvalue weighted by Gasteiger charge is 2.51. The summed E-state index contributed by atoms with van der Waals surface area (Å²) in [5.41, 5.74) is 6.79. The summed E-state index contributed by atoms with van der Waals surface area (Å²) in [5.74, 6) is -0.993. The summed E-state index contributed by atoms with van der Waals surface area (Å²) >= 11 is 0. The molecule has 0 bridgehead atoms. The third-order valence-electron chi connectivity index (χ3n) is 5.52. The molecule has 1 aromatic carbocycles. The van der Waals surface area contributed by atoms with Gasteiger partial charge in [-0.2, -0.15) is 0 Å². The minimum atomic E-state index is -0.828. The first-order valence-electron chi connectivity index (χ1n) is 9.54. The predicted octanol–water partition coefficient (Wildman–Crippen LogP) is 1.21. The van der Waals surface area contributed by atoms with Gasteiger partial charge in [-0.1, -0.05) is 24.3 Å². The van der Waals surface area contributed by atoms with E-state index in [0.29, 0.717) is 5.56 Å². The highest BCUT2D eigenvalue weighted by Crippen LogP contribution is 2.36. The zero-order valence-corrected chi connectivity index (χ0v) is 17.1. The number of hydrogen-bond donors (Lipinski definition) is 2. The molecule has 1 aliphatic rings. The van der Waals surface area contributed by atoms with Crippen LogP contribution in [0.2, 0.25) is 0 Å². The number of benzene rings is 1. The topological polar surface area (TPSA) is 104 Å². The molecular weight excluding hydrogens is 369 g/mol. The lowest BCUT2D eigenvalue weighted by Gasteiger charge is -2.32. The summed E-state index contributed by atoms with van der Waals surface area (Å²) in [6.07, 6.45) is 3.29. The molecule has 0 spiro atoms. The summed E-state index contributed by atoms with van der Waals surface area (Å²) in [4.78, 5) is 28.1. The molecule has 2 aromatic rings. The van der Waals surface area contributed by atoms with Gasteiger partial charge in [0.05, 0.1) is 16.8 Å². The lowest BCUT2D eigenvalue weighted by Crippen LogP contribution is -2.46.